The van der Waals surface area contributed by atoms with Gasteiger partial charge in [0.05, 0.1) is 0 Å². The number of nitrogens with two attached hydrogens (primary N) is 1. The Morgan fingerprint density at radius 1 is 1.11 bits per heavy atom. The van der Waals surface area contributed by atoms with Crippen LogP contribution in [0.2, 0.25) is 0 Å². The van der Waals surface area contributed by atoms with E-state index in [0.29, 0.717) is 12.5 Å². The molecule has 0 bridgehead atoms. The molecule has 0 saturated carbocycles. The Balaban J connectivity index is 2.02. The normalized spacial score (nSPS) is 18.1. The van der Waals surface area contributed by atoms with Gasteiger partial charge in [-0.2, -0.15) is 0 Å². The second-order valence-electron chi connectivity index (χ2n) is 5.25. The highest BCUT2D eigenvalue weighted by Crippen LogP contribution is 2.33. The lowest BCUT2D eigenvalue weighted by Crippen LogP contribution is -2.18. The zero-order valence-electron chi connectivity index (χ0n) is 10.9. The van der Waals surface area contributed by atoms with E-state index in [0.717, 1.165) is 17.5 Å². The van der Waals surface area contributed by atoms with E-state index in [9.17, 15) is 4.39 Å². The summed E-state index contributed by atoms with van der Waals surface area (Å²) < 4.78 is 13.3. The fourth-order valence-electron chi connectivity index (χ4n) is 3.01. The van der Waals surface area contributed by atoms with E-state index in [4.69, 9.17) is 5.73 Å². The zero-order valence-corrected chi connectivity index (χ0v) is 10.9. The molecule has 0 saturated heterocycles. The first kappa shape index (κ1) is 12.4. The minimum Gasteiger partial charge on any atom is -0.330 e. The monoisotopic (exact) mass is 255 g/mol. The van der Waals surface area contributed by atoms with Gasteiger partial charge in [-0.05, 0) is 66.1 Å². The zero-order chi connectivity index (χ0) is 13.2. The molecule has 1 aliphatic carbocycles. The largest absolute Gasteiger partial charge is 0.330 e. The standard InChI is InChI=1S/C17H18FN/c18-16-6-2-3-12(10-16)13-7-8-17-14(9-13)4-1-5-15(17)11-19/h2-3,6-10,15H,1,4-5,11,19H2. The van der Waals surface area contributed by atoms with E-state index in [1.807, 2.05) is 6.07 Å². The molecule has 3 rings (SSSR count). The topological polar surface area (TPSA) is 26.0 Å². The summed E-state index contributed by atoms with van der Waals surface area (Å²) in [5.41, 5.74) is 10.6. The number of fused-ring (bicyclic) bond motifs is 1. The van der Waals surface area contributed by atoms with Crippen molar-refractivity contribution < 1.29 is 4.39 Å². The van der Waals surface area contributed by atoms with Crippen molar-refractivity contribution in [2.75, 3.05) is 6.54 Å². The van der Waals surface area contributed by atoms with Crippen molar-refractivity contribution in [3.05, 3.63) is 59.4 Å². The second-order valence-corrected chi connectivity index (χ2v) is 5.25. The van der Waals surface area contributed by atoms with Gasteiger partial charge in [-0.15, -0.1) is 0 Å². The maximum absolute atomic E-state index is 13.3. The minimum atomic E-state index is -0.185. The molecule has 1 nitrogen and oxygen atoms in total. The molecule has 2 N–H and O–H groups in total. The molecule has 0 amide bonds. The van der Waals surface area contributed by atoms with Crippen LogP contribution in [-0.4, -0.2) is 6.54 Å². The molecule has 0 fully saturated rings. The van der Waals surface area contributed by atoms with Crippen molar-refractivity contribution >= 4 is 0 Å². The van der Waals surface area contributed by atoms with Gasteiger partial charge in [0.25, 0.3) is 0 Å². The number of hydrogen-bond acceptors (Lipinski definition) is 1. The number of aryl methyl sites for hydroxylation is 1. The molecule has 1 unspecified atom stereocenters. The van der Waals surface area contributed by atoms with Gasteiger partial charge < -0.3 is 5.73 Å². The molecule has 0 radical (unpaired) electrons. The number of benzene rings is 2. The summed E-state index contributed by atoms with van der Waals surface area (Å²) in [6.45, 7) is 0.715. The first-order valence-corrected chi connectivity index (χ1v) is 6.87. The maximum atomic E-state index is 13.3. The van der Waals surface area contributed by atoms with E-state index < -0.39 is 0 Å². The Bertz CT molecular complexity index is 592. The molecule has 2 aromatic rings. The van der Waals surface area contributed by atoms with Crippen LogP contribution in [0.4, 0.5) is 4.39 Å². The molecule has 1 atom stereocenters. The van der Waals surface area contributed by atoms with Crippen LogP contribution in [0.3, 0.4) is 0 Å². The quantitative estimate of drug-likeness (QED) is 0.866. The van der Waals surface area contributed by atoms with Crippen LogP contribution in [0.5, 0.6) is 0 Å². The third kappa shape index (κ3) is 2.41. The van der Waals surface area contributed by atoms with Crippen molar-refractivity contribution in [1.82, 2.24) is 0 Å². The van der Waals surface area contributed by atoms with Gasteiger partial charge in [-0.25, -0.2) is 4.39 Å². The summed E-state index contributed by atoms with van der Waals surface area (Å²) in [7, 11) is 0. The van der Waals surface area contributed by atoms with Crippen LogP contribution in [0.1, 0.15) is 29.9 Å². The number of rotatable bonds is 2. The number of halogens is 1. The molecular formula is C17H18FN. The Labute approximate surface area is 113 Å². The Morgan fingerprint density at radius 3 is 2.74 bits per heavy atom. The Morgan fingerprint density at radius 2 is 1.95 bits per heavy atom. The van der Waals surface area contributed by atoms with Crippen molar-refractivity contribution in [2.24, 2.45) is 5.73 Å². The predicted molar refractivity (Wildman–Crippen MR) is 76.6 cm³/mol. The Kier molecular flexibility index (Phi) is 3.34. The SMILES string of the molecule is NCC1CCCc2cc(-c3cccc(F)c3)ccc21. The molecule has 0 aliphatic heterocycles. The van der Waals surface area contributed by atoms with Crippen LogP contribution < -0.4 is 5.73 Å². The average molecular weight is 255 g/mol. The number of hydrogen-bond donors (Lipinski definition) is 1. The summed E-state index contributed by atoms with van der Waals surface area (Å²) >= 11 is 0. The highest BCUT2D eigenvalue weighted by atomic mass is 19.1. The predicted octanol–water partition coefficient (Wildman–Crippen LogP) is 3.87. The summed E-state index contributed by atoms with van der Waals surface area (Å²) in [6, 6.07) is 13.2. The lowest BCUT2D eigenvalue weighted by atomic mass is 9.81. The van der Waals surface area contributed by atoms with E-state index in [-0.39, 0.29) is 5.82 Å². The molecule has 1 aliphatic rings. The van der Waals surface area contributed by atoms with E-state index in [2.05, 4.69) is 18.2 Å². The van der Waals surface area contributed by atoms with Gasteiger partial charge in [0.1, 0.15) is 5.82 Å². The Hall–Kier alpha value is -1.67. The third-order valence-electron chi connectivity index (χ3n) is 4.02. The molecule has 2 aromatic carbocycles. The molecule has 2 heteroatoms. The third-order valence-corrected chi connectivity index (χ3v) is 4.02. The van der Waals surface area contributed by atoms with Gasteiger partial charge in [0, 0.05) is 0 Å². The van der Waals surface area contributed by atoms with E-state index in [1.54, 1.807) is 12.1 Å². The minimum absolute atomic E-state index is 0.185. The van der Waals surface area contributed by atoms with Crippen molar-refractivity contribution in [1.29, 1.82) is 0 Å². The van der Waals surface area contributed by atoms with E-state index >= 15 is 0 Å². The fourth-order valence-corrected chi connectivity index (χ4v) is 3.01. The average Bonchev–Trinajstić information content (AvgIpc) is 2.46. The van der Waals surface area contributed by atoms with Crippen LogP contribution >= 0.6 is 0 Å². The molecule has 98 valence electrons. The van der Waals surface area contributed by atoms with Crippen LogP contribution in [0.25, 0.3) is 11.1 Å². The van der Waals surface area contributed by atoms with Crippen LogP contribution in [0, 0.1) is 5.82 Å². The fraction of sp³-hybridized carbons (Fsp3) is 0.294. The van der Waals surface area contributed by atoms with Gasteiger partial charge in [-0.1, -0.05) is 30.3 Å². The summed E-state index contributed by atoms with van der Waals surface area (Å²) in [5.74, 6) is 0.306. The summed E-state index contributed by atoms with van der Waals surface area (Å²) in [6.07, 6.45) is 3.49. The van der Waals surface area contributed by atoms with Gasteiger partial charge >= 0.3 is 0 Å². The molecular weight excluding hydrogens is 237 g/mol. The van der Waals surface area contributed by atoms with Gasteiger partial charge in [-0.3, -0.25) is 0 Å². The smallest absolute Gasteiger partial charge is 0.123 e. The van der Waals surface area contributed by atoms with Gasteiger partial charge in [0.2, 0.25) is 0 Å². The lowest BCUT2D eigenvalue weighted by Gasteiger charge is -2.25. The maximum Gasteiger partial charge on any atom is 0.123 e. The van der Waals surface area contributed by atoms with Crippen molar-refractivity contribution in [3.8, 4) is 11.1 Å². The molecule has 0 spiro atoms. The van der Waals surface area contributed by atoms with Crippen LogP contribution in [0.15, 0.2) is 42.5 Å². The van der Waals surface area contributed by atoms with E-state index in [1.165, 1.54) is 30.0 Å². The first-order valence-electron chi connectivity index (χ1n) is 6.87. The van der Waals surface area contributed by atoms with Crippen LogP contribution in [-0.2, 0) is 6.42 Å². The first-order chi connectivity index (χ1) is 9.28. The highest BCUT2D eigenvalue weighted by molar-refractivity contribution is 5.65. The van der Waals surface area contributed by atoms with Crippen molar-refractivity contribution in [3.63, 3.8) is 0 Å². The lowest BCUT2D eigenvalue weighted by molar-refractivity contribution is 0.561. The van der Waals surface area contributed by atoms with Gasteiger partial charge in [0.15, 0.2) is 0 Å². The van der Waals surface area contributed by atoms with Crippen molar-refractivity contribution in [2.45, 2.75) is 25.2 Å². The second kappa shape index (κ2) is 5.14. The highest BCUT2D eigenvalue weighted by Gasteiger charge is 2.19. The summed E-state index contributed by atoms with van der Waals surface area (Å²) in [4.78, 5) is 0. The molecule has 0 aromatic heterocycles. The molecule has 0 heterocycles. The molecule has 19 heavy (non-hydrogen) atoms. The summed E-state index contributed by atoms with van der Waals surface area (Å²) in [5, 5.41) is 0.